The number of carbonyl (C=O) groups is 2. The van der Waals surface area contributed by atoms with Crippen LogP contribution >= 0.6 is 0 Å². The van der Waals surface area contributed by atoms with E-state index in [1.54, 1.807) is 13.1 Å². The van der Waals surface area contributed by atoms with Gasteiger partial charge >= 0.3 is 0 Å². The van der Waals surface area contributed by atoms with Gasteiger partial charge in [-0.2, -0.15) is 0 Å². The molecule has 1 aliphatic rings. The van der Waals surface area contributed by atoms with Gasteiger partial charge in [-0.25, -0.2) is 0 Å². The van der Waals surface area contributed by atoms with Gasteiger partial charge in [-0.3, -0.25) is 14.6 Å². The molecule has 1 atom stereocenters. The third-order valence-corrected chi connectivity index (χ3v) is 6.78. The Morgan fingerprint density at radius 2 is 1.83 bits per heavy atom. The number of nitrogens with zero attached hydrogens (tertiary/aromatic N) is 3. The largest absolute Gasteiger partial charge is 0.489 e. The van der Waals surface area contributed by atoms with Crippen LogP contribution in [0.3, 0.4) is 0 Å². The minimum atomic E-state index is -0.342. The number of ether oxygens (including phenoxy) is 1. The molecule has 2 amide bonds. The van der Waals surface area contributed by atoms with Crippen molar-refractivity contribution < 1.29 is 14.3 Å². The summed E-state index contributed by atoms with van der Waals surface area (Å²) in [7, 11) is 0. The van der Waals surface area contributed by atoms with Gasteiger partial charge in [0, 0.05) is 61.7 Å². The summed E-state index contributed by atoms with van der Waals surface area (Å²) in [6.45, 7) is 9.27. The maximum Gasteiger partial charge on any atom is 0.222 e. The van der Waals surface area contributed by atoms with Crippen molar-refractivity contribution in [2.75, 3.05) is 24.5 Å². The highest BCUT2D eigenvalue weighted by atomic mass is 16.5. The van der Waals surface area contributed by atoms with E-state index in [1.807, 2.05) is 35.4 Å². The fourth-order valence-electron chi connectivity index (χ4n) is 4.37. The van der Waals surface area contributed by atoms with Crippen LogP contribution < -0.4 is 15.4 Å². The fraction of sp³-hybridized carbons (Fsp3) is 0.536. The van der Waals surface area contributed by atoms with Crippen LogP contribution in [-0.2, 0) is 16.2 Å². The van der Waals surface area contributed by atoms with Crippen LogP contribution in [0.15, 0.2) is 48.8 Å². The van der Waals surface area contributed by atoms with Crippen LogP contribution in [0.5, 0.6) is 5.75 Å². The van der Waals surface area contributed by atoms with E-state index < -0.39 is 0 Å². The summed E-state index contributed by atoms with van der Waals surface area (Å²) in [4.78, 5) is 32.5. The molecule has 1 saturated heterocycles. The molecule has 2 heterocycles. The first-order valence-corrected chi connectivity index (χ1v) is 12.8. The number of pyridine rings is 1. The van der Waals surface area contributed by atoms with Crippen LogP contribution in [-0.4, -0.2) is 47.4 Å². The lowest BCUT2D eigenvalue weighted by Gasteiger charge is -2.40. The van der Waals surface area contributed by atoms with Gasteiger partial charge in [-0.05, 0) is 61.9 Å². The normalized spacial score (nSPS) is 15.1. The predicted octanol–water partition coefficient (Wildman–Crippen LogP) is 4.41. The Labute approximate surface area is 209 Å². The first kappa shape index (κ1) is 26.5. The van der Waals surface area contributed by atoms with Gasteiger partial charge in [0.2, 0.25) is 11.8 Å². The molecule has 190 valence electrons. The molecule has 0 bridgehead atoms. The second-order valence-corrected chi connectivity index (χ2v) is 9.97. The molecule has 2 N–H and O–H groups in total. The summed E-state index contributed by atoms with van der Waals surface area (Å²) in [5.74, 6) is 0.978. The van der Waals surface area contributed by atoms with Gasteiger partial charge in [0.15, 0.2) is 0 Å². The standard InChI is InChI=1S/C28H40N4O3/c1-21(2)12-18-32(24-7-9-26(10-8-24)35-20-23-5-4-15-30-19-23)25-13-16-31(17-14-25)27(33)11-6-22(3)28(29)34/h4-5,7-10,15,19,21-22,25H,6,11-14,16-18,20H2,1-3H3,(H2,29,34). The van der Waals surface area contributed by atoms with E-state index in [2.05, 4.69) is 35.9 Å². The lowest BCUT2D eigenvalue weighted by molar-refractivity contribution is -0.132. The van der Waals surface area contributed by atoms with E-state index >= 15 is 0 Å². The van der Waals surface area contributed by atoms with E-state index in [0.717, 1.165) is 50.2 Å². The van der Waals surface area contributed by atoms with Gasteiger partial charge in [0.1, 0.15) is 12.4 Å². The quantitative estimate of drug-likeness (QED) is 0.486. The predicted molar refractivity (Wildman–Crippen MR) is 139 cm³/mol. The third kappa shape index (κ3) is 8.26. The number of aromatic nitrogens is 1. The summed E-state index contributed by atoms with van der Waals surface area (Å²) in [6, 6.07) is 12.7. The molecule has 0 aliphatic carbocycles. The van der Waals surface area contributed by atoms with Crippen molar-refractivity contribution in [3.63, 3.8) is 0 Å². The Morgan fingerprint density at radius 1 is 1.11 bits per heavy atom. The zero-order chi connectivity index (χ0) is 25.2. The first-order chi connectivity index (χ1) is 16.8. The lowest BCUT2D eigenvalue weighted by Crippen LogP contribution is -2.47. The van der Waals surface area contributed by atoms with Gasteiger partial charge < -0.3 is 20.3 Å². The lowest BCUT2D eigenvalue weighted by atomic mass is 9.99. The van der Waals surface area contributed by atoms with Crippen molar-refractivity contribution in [1.29, 1.82) is 0 Å². The molecule has 7 heteroatoms. The monoisotopic (exact) mass is 480 g/mol. The fourth-order valence-corrected chi connectivity index (χ4v) is 4.37. The minimum absolute atomic E-state index is 0.125. The van der Waals surface area contributed by atoms with Crippen molar-refractivity contribution >= 4 is 17.5 Å². The molecule has 7 nitrogen and oxygen atoms in total. The molecule has 0 spiro atoms. The summed E-state index contributed by atoms with van der Waals surface area (Å²) >= 11 is 0. The van der Waals surface area contributed by atoms with E-state index in [0.29, 0.717) is 31.4 Å². The van der Waals surface area contributed by atoms with E-state index in [4.69, 9.17) is 10.5 Å². The number of anilines is 1. The number of amides is 2. The summed E-state index contributed by atoms with van der Waals surface area (Å²) < 4.78 is 5.93. The Hall–Kier alpha value is -3.09. The van der Waals surface area contributed by atoms with Crippen LogP contribution in [0.2, 0.25) is 0 Å². The highest BCUT2D eigenvalue weighted by Gasteiger charge is 2.27. The average Bonchev–Trinajstić information content (AvgIpc) is 2.87. The van der Waals surface area contributed by atoms with Crippen molar-refractivity contribution in [3.05, 3.63) is 54.4 Å². The number of likely N-dealkylation sites (tertiary alicyclic amines) is 1. The second-order valence-electron chi connectivity index (χ2n) is 9.97. The van der Waals surface area contributed by atoms with E-state index in [1.165, 1.54) is 5.69 Å². The Balaban J connectivity index is 1.57. The molecule has 1 aliphatic heterocycles. The Bertz CT molecular complexity index is 925. The summed E-state index contributed by atoms with van der Waals surface area (Å²) in [5.41, 5.74) is 7.57. The number of benzene rings is 1. The molecule has 3 rings (SSSR count). The zero-order valence-electron chi connectivity index (χ0n) is 21.4. The second kappa shape index (κ2) is 13.1. The number of rotatable bonds is 12. The number of nitrogens with two attached hydrogens (primary N) is 1. The van der Waals surface area contributed by atoms with Crippen molar-refractivity contribution in [2.24, 2.45) is 17.6 Å². The van der Waals surface area contributed by atoms with Gasteiger partial charge in [-0.15, -0.1) is 0 Å². The molecule has 1 aromatic heterocycles. The number of carbonyl (C=O) groups excluding carboxylic acids is 2. The van der Waals surface area contributed by atoms with Gasteiger partial charge in [0.05, 0.1) is 0 Å². The summed E-state index contributed by atoms with van der Waals surface area (Å²) in [6.07, 6.45) is 7.47. The van der Waals surface area contributed by atoms with Crippen molar-refractivity contribution in [1.82, 2.24) is 9.88 Å². The van der Waals surface area contributed by atoms with Crippen molar-refractivity contribution in [3.8, 4) is 5.75 Å². The average molecular weight is 481 g/mol. The maximum atomic E-state index is 12.6. The molecule has 1 unspecified atom stereocenters. The molecular formula is C28H40N4O3. The van der Waals surface area contributed by atoms with Crippen LogP contribution in [0.25, 0.3) is 0 Å². The SMILES string of the molecule is CC(C)CCN(c1ccc(OCc2cccnc2)cc1)C1CCN(C(=O)CCC(C)C(N)=O)CC1. The van der Waals surface area contributed by atoms with E-state index in [-0.39, 0.29) is 17.7 Å². The Morgan fingerprint density at radius 3 is 2.43 bits per heavy atom. The summed E-state index contributed by atoms with van der Waals surface area (Å²) in [5, 5.41) is 0. The van der Waals surface area contributed by atoms with Crippen molar-refractivity contribution in [2.45, 2.75) is 65.5 Å². The van der Waals surface area contributed by atoms with Gasteiger partial charge in [-0.1, -0.05) is 26.8 Å². The van der Waals surface area contributed by atoms with Crippen LogP contribution in [0, 0.1) is 11.8 Å². The highest BCUT2D eigenvalue weighted by Crippen LogP contribution is 2.27. The molecule has 0 saturated carbocycles. The van der Waals surface area contributed by atoms with Crippen LogP contribution in [0.4, 0.5) is 5.69 Å². The smallest absolute Gasteiger partial charge is 0.222 e. The molecule has 35 heavy (non-hydrogen) atoms. The first-order valence-electron chi connectivity index (χ1n) is 12.8. The third-order valence-electron chi connectivity index (χ3n) is 6.78. The minimum Gasteiger partial charge on any atom is -0.489 e. The Kier molecular flexibility index (Phi) is 9.94. The highest BCUT2D eigenvalue weighted by molar-refractivity contribution is 5.79. The van der Waals surface area contributed by atoms with E-state index in [9.17, 15) is 9.59 Å². The number of primary amides is 1. The topological polar surface area (TPSA) is 88.8 Å². The number of hydrogen-bond donors (Lipinski definition) is 1. The molecule has 2 aromatic rings. The van der Waals surface area contributed by atoms with Gasteiger partial charge in [0.25, 0.3) is 0 Å². The molecule has 0 radical (unpaired) electrons. The number of hydrogen-bond acceptors (Lipinski definition) is 5. The maximum absolute atomic E-state index is 12.6. The number of piperidine rings is 1. The van der Waals surface area contributed by atoms with Crippen LogP contribution in [0.1, 0.15) is 58.4 Å². The zero-order valence-corrected chi connectivity index (χ0v) is 21.4. The molecular weight excluding hydrogens is 440 g/mol. The molecule has 1 aromatic carbocycles. The molecule has 1 fully saturated rings.